The van der Waals surface area contributed by atoms with Crippen LogP contribution in [0.2, 0.25) is 4.34 Å². The van der Waals surface area contributed by atoms with Gasteiger partial charge in [-0.15, -0.1) is 22.7 Å². The van der Waals surface area contributed by atoms with Crippen molar-refractivity contribution in [3.63, 3.8) is 0 Å². The summed E-state index contributed by atoms with van der Waals surface area (Å²) >= 11 is 9.37. The Morgan fingerprint density at radius 3 is 2.83 bits per heavy atom. The molecule has 18 heavy (non-hydrogen) atoms. The summed E-state index contributed by atoms with van der Waals surface area (Å²) in [6, 6.07) is 6.22. The molecule has 98 valence electrons. The van der Waals surface area contributed by atoms with Gasteiger partial charge in [-0.2, -0.15) is 0 Å². The van der Waals surface area contributed by atoms with Crippen LogP contribution in [0.5, 0.6) is 5.75 Å². The van der Waals surface area contributed by atoms with E-state index in [4.69, 9.17) is 16.3 Å². The molecule has 5 heteroatoms. The molecule has 0 radical (unpaired) electrons. The highest BCUT2D eigenvalue weighted by atomic mass is 35.5. The lowest BCUT2D eigenvalue weighted by atomic mass is 10.2. The van der Waals surface area contributed by atoms with Crippen molar-refractivity contribution < 1.29 is 4.74 Å². The maximum Gasteiger partial charge on any atom is 0.134 e. The third-order valence-corrected chi connectivity index (χ3v) is 4.88. The fraction of sp³-hybridized carbons (Fsp3) is 0.385. The van der Waals surface area contributed by atoms with Gasteiger partial charge in [0.2, 0.25) is 0 Å². The quantitative estimate of drug-likeness (QED) is 0.844. The van der Waals surface area contributed by atoms with Crippen LogP contribution >= 0.6 is 34.3 Å². The van der Waals surface area contributed by atoms with Gasteiger partial charge in [0, 0.05) is 4.88 Å². The number of hydrogen-bond donors (Lipinski definition) is 1. The van der Waals surface area contributed by atoms with E-state index in [9.17, 15) is 0 Å². The molecule has 2 aromatic rings. The molecule has 0 aromatic carbocycles. The highest BCUT2D eigenvalue weighted by Crippen LogP contribution is 2.38. The van der Waals surface area contributed by atoms with E-state index < -0.39 is 0 Å². The summed E-state index contributed by atoms with van der Waals surface area (Å²) in [5.74, 6) is 0.943. The summed E-state index contributed by atoms with van der Waals surface area (Å²) in [6.45, 7) is 3.14. The molecular weight excluding hydrogens is 286 g/mol. The Bertz CT molecular complexity index is 495. The van der Waals surface area contributed by atoms with Gasteiger partial charge in [-0.3, -0.25) is 0 Å². The number of ether oxygens (including phenoxy) is 1. The summed E-state index contributed by atoms with van der Waals surface area (Å²) < 4.78 is 6.24. The van der Waals surface area contributed by atoms with Gasteiger partial charge >= 0.3 is 0 Å². The first kappa shape index (κ1) is 13.9. The second kappa shape index (κ2) is 6.57. The van der Waals surface area contributed by atoms with E-state index in [0.717, 1.165) is 23.1 Å². The number of rotatable bonds is 6. The van der Waals surface area contributed by atoms with Gasteiger partial charge in [0.1, 0.15) is 5.75 Å². The number of thiophene rings is 2. The van der Waals surface area contributed by atoms with Crippen LogP contribution in [-0.2, 0) is 0 Å². The Labute approximate surface area is 121 Å². The van der Waals surface area contributed by atoms with E-state index in [0.29, 0.717) is 0 Å². The van der Waals surface area contributed by atoms with Crippen molar-refractivity contribution in [1.82, 2.24) is 5.32 Å². The van der Waals surface area contributed by atoms with Gasteiger partial charge in [0.15, 0.2) is 0 Å². The molecule has 2 heterocycles. The van der Waals surface area contributed by atoms with E-state index in [1.807, 2.05) is 12.1 Å². The molecule has 0 saturated carbocycles. The van der Waals surface area contributed by atoms with Crippen molar-refractivity contribution in [2.75, 3.05) is 13.7 Å². The van der Waals surface area contributed by atoms with Gasteiger partial charge in [0.25, 0.3) is 0 Å². The number of halogens is 1. The zero-order valence-electron chi connectivity index (χ0n) is 10.4. The third kappa shape index (κ3) is 3.06. The molecule has 2 rings (SSSR count). The molecule has 2 aromatic heterocycles. The van der Waals surface area contributed by atoms with Crippen molar-refractivity contribution >= 4 is 34.3 Å². The SMILES string of the molecule is CCCNC(c1ccc(Cl)s1)c1sccc1OC. The largest absolute Gasteiger partial charge is 0.496 e. The van der Waals surface area contributed by atoms with Crippen molar-refractivity contribution in [3.8, 4) is 5.75 Å². The normalized spacial score (nSPS) is 12.6. The standard InChI is InChI=1S/C13H16ClNOS2/c1-3-7-15-12(10-4-5-11(14)18-10)13-9(16-2)6-8-17-13/h4-6,8,12,15H,3,7H2,1-2H3. The van der Waals surface area contributed by atoms with Gasteiger partial charge in [0.05, 0.1) is 22.4 Å². The molecule has 1 atom stereocenters. The van der Waals surface area contributed by atoms with Crippen molar-refractivity contribution in [3.05, 3.63) is 37.7 Å². The Morgan fingerprint density at radius 2 is 2.22 bits per heavy atom. The molecule has 2 nitrogen and oxygen atoms in total. The molecule has 0 aliphatic carbocycles. The van der Waals surface area contributed by atoms with Gasteiger partial charge in [-0.05, 0) is 36.5 Å². The van der Waals surface area contributed by atoms with E-state index >= 15 is 0 Å². The van der Waals surface area contributed by atoms with Crippen LogP contribution in [0.3, 0.4) is 0 Å². The van der Waals surface area contributed by atoms with E-state index in [1.165, 1.54) is 9.75 Å². The molecule has 0 aliphatic heterocycles. The van der Waals surface area contributed by atoms with Crippen LogP contribution in [0.4, 0.5) is 0 Å². The van der Waals surface area contributed by atoms with Crippen LogP contribution in [0.15, 0.2) is 23.6 Å². The van der Waals surface area contributed by atoms with Gasteiger partial charge in [-0.25, -0.2) is 0 Å². The van der Waals surface area contributed by atoms with Crippen LogP contribution in [0.1, 0.15) is 29.1 Å². The monoisotopic (exact) mass is 301 g/mol. The molecule has 0 spiro atoms. The fourth-order valence-corrected chi connectivity index (χ4v) is 3.96. The van der Waals surface area contributed by atoms with E-state index in [2.05, 4.69) is 23.7 Å². The molecule has 0 amide bonds. The molecule has 1 unspecified atom stereocenters. The fourth-order valence-electron chi connectivity index (χ4n) is 1.78. The number of methoxy groups -OCH3 is 1. The Kier molecular flexibility index (Phi) is 5.06. The summed E-state index contributed by atoms with van der Waals surface area (Å²) in [7, 11) is 1.71. The topological polar surface area (TPSA) is 21.3 Å². The maximum atomic E-state index is 6.04. The van der Waals surface area contributed by atoms with Gasteiger partial charge in [-0.1, -0.05) is 18.5 Å². The second-order valence-corrected chi connectivity index (χ2v) is 6.58. The van der Waals surface area contributed by atoms with Gasteiger partial charge < -0.3 is 10.1 Å². The lowest BCUT2D eigenvalue weighted by Crippen LogP contribution is -2.21. The van der Waals surface area contributed by atoms with Crippen molar-refractivity contribution in [1.29, 1.82) is 0 Å². The van der Waals surface area contributed by atoms with Crippen LogP contribution in [0, 0.1) is 0 Å². The summed E-state index contributed by atoms with van der Waals surface area (Å²) in [6.07, 6.45) is 1.10. The molecule has 0 bridgehead atoms. The minimum atomic E-state index is 0.178. The van der Waals surface area contributed by atoms with Crippen LogP contribution in [0.25, 0.3) is 0 Å². The Balaban J connectivity index is 2.30. The second-order valence-electron chi connectivity index (χ2n) is 3.88. The average molecular weight is 302 g/mol. The first-order chi connectivity index (χ1) is 8.76. The minimum Gasteiger partial charge on any atom is -0.496 e. The minimum absolute atomic E-state index is 0.178. The molecule has 0 saturated heterocycles. The zero-order valence-corrected chi connectivity index (χ0v) is 12.8. The highest BCUT2D eigenvalue weighted by molar-refractivity contribution is 7.16. The summed E-state index contributed by atoms with van der Waals surface area (Å²) in [5, 5.41) is 5.62. The van der Waals surface area contributed by atoms with E-state index in [1.54, 1.807) is 29.8 Å². The smallest absolute Gasteiger partial charge is 0.134 e. The first-order valence-electron chi connectivity index (χ1n) is 5.86. The predicted molar refractivity (Wildman–Crippen MR) is 80.3 cm³/mol. The third-order valence-electron chi connectivity index (χ3n) is 2.62. The molecular formula is C13H16ClNOS2. The Morgan fingerprint density at radius 1 is 1.39 bits per heavy atom. The highest BCUT2D eigenvalue weighted by Gasteiger charge is 2.20. The lowest BCUT2D eigenvalue weighted by Gasteiger charge is -2.17. The molecule has 0 fully saturated rings. The number of hydrogen-bond acceptors (Lipinski definition) is 4. The molecule has 1 N–H and O–H groups in total. The molecule has 0 aliphatic rings. The number of nitrogens with one attached hydrogen (secondary N) is 1. The summed E-state index contributed by atoms with van der Waals surface area (Å²) in [4.78, 5) is 2.44. The first-order valence-corrected chi connectivity index (χ1v) is 7.93. The Hall–Kier alpha value is -0.550. The average Bonchev–Trinajstić information content (AvgIpc) is 2.99. The maximum absolute atomic E-state index is 6.04. The van der Waals surface area contributed by atoms with Crippen molar-refractivity contribution in [2.24, 2.45) is 0 Å². The van der Waals surface area contributed by atoms with Crippen molar-refractivity contribution in [2.45, 2.75) is 19.4 Å². The van der Waals surface area contributed by atoms with Crippen LogP contribution < -0.4 is 10.1 Å². The lowest BCUT2D eigenvalue weighted by molar-refractivity contribution is 0.407. The van der Waals surface area contributed by atoms with Crippen LogP contribution in [-0.4, -0.2) is 13.7 Å². The predicted octanol–water partition coefficient (Wildman–Crippen LogP) is 4.56. The van der Waals surface area contributed by atoms with E-state index in [-0.39, 0.29) is 6.04 Å². The summed E-state index contributed by atoms with van der Waals surface area (Å²) in [5.41, 5.74) is 0. The zero-order chi connectivity index (χ0) is 13.0.